The molecule has 0 N–H and O–H groups in total. The molecular weight excluding hydrogens is 348 g/mol. The third kappa shape index (κ3) is 5.13. The van der Waals surface area contributed by atoms with Crippen molar-refractivity contribution in [1.82, 2.24) is 0 Å². The summed E-state index contributed by atoms with van der Waals surface area (Å²) in [5, 5.41) is 4.85. The normalized spacial score (nSPS) is 10.9. The molecular formula is C25H28O3. The summed E-state index contributed by atoms with van der Waals surface area (Å²) in [5.41, 5.74) is 1.80. The lowest BCUT2D eigenvalue weighted by Gasteiger charge is -2.10. The van der Waals surface area contributed by atoms with Crippen molar-refractivity contribution in [1.29, 1.82) is 0 Å². The number of ether oxygens (including phenoxy) is 2. The van der Waals surface area contributed by atoms with Gasteiger partial charge in [-0.2, -0.15) is 0 Å². The monoisotopic (exact) mass is 376 g/mol. The van der Waals surface area contributed by atoms with Crippen molar-refractivity contribution in [2.24, 2.45) is 0 Å². The fourth-order valence-electron chi connectivity index (χ4n) is 3.27. The predicted octanol–water partition coefficient (Wildman–Crippen LogP) is 6.22. The van der Waals surface area contributed by atoms with Crippen LogP contribution in [0, 0.1) is 0 Å². The quantitative estimate of drug-likeness (QED) is 0.192. The van der Waals surface area contributed by atoms with Gasteiger partial charge < -0.3 is 9.47 Å². The summed E-state index contributed by atoms with van der Waals surface area (Å²) >= 11 is 0. The molecule has 0 saturated carbocycles. The summed E-state index contributed by atoms with van der Waals surface area (Å²) in [6, 6.07) is 17.3. The maximum absolute atomic E-state index is 11.4. The van der Waals surface area contributed by atoms with Gasteiger partial charge in [0.15, 0.2) is 0 Å². The molecule has 0 amide bonds. The van der Waals surface area contributed by atoms with Crippen molar-refractivity contribution in [3.8, 4) is 5.75 Å². The van der Waals surface area contributed by atoms with Gasteiger partial charge in [-0.15, -0.1) is 0 Å². The van der Waals surface area contributed by atoms with E-state index in [0.29, 0.717) is 12.2 Å². The summed E-state index contributed by atoms with van der Waals surface area (Å²) in [5.74, 6) is 0.386. The summed E-state index contributed by atoms with van der Waals surface area (Å²) in [6.45, 7) is 7.95. The molecule has 3 aromatic carbocycles. The number of carbonyl (C=O) groups excluding carboxylic acids is 1. The number of hydrogen-bond donors (Lipinski definition) is 0. The molecule has 28 heavy (non-hydrogen) atoms. The van der Waals surface area contributed by atoms with Crippen molar-refractivity contribution in [3.63, 3.8) is 0 Å². The Bertz CT molecular complexity index is 988. The number of fused-ring (bicyclic) bond motifs is 2. The van der Waals surface area contributed by atoms with E-state index in [1.165, 1.54) is 41.0 Å². The Labute approximate surface area is 167 Å². The van der Waals surface area contributed by atoms with E-state index in [0.717, 1.165) is 17.6 Å². The highest BCUT2D eigenvalue weighted by Gasteiger charge is 2.05. The van der Waals surface area contributed by atoms with Gasteiger partial charge in [-0.1, -0.05) is 50.6 Å². The topological polar surface area (TPSA) is 35.5 Å². The molecule has 0 radical (unpaired) electrons. The van der Waals surface area contributed by atoms with Crippen LogP contribution in [0.4, 0.5) is 0 Å². The number of benzene rings is 3. The predicted molar refractivity (Wildman–Crippen MR) is 116 cm³/mol. The Morgan fingerprint density at radius 1 is 0.893 bits per heavy atom. The number of aryl methyl sites for hydroxylation is 1. The summed E-state index contributed by atoms with van der Waals surface area (Å²) < 4.78 is 10.8. The van der Waals surface area contributed by atoms with Gasteiger partial charge in [-0.3, -0.25) is 0 Å². The molecule has 0 aliphatic heterocycles. The molecule has 0 aliphatic carbocycles. The van der Waals surface area contributed by atoms with Gasteiger partial charge in [-0.05, 0) is 71.1 Å². The van der Waals surface area contributed by atoms with Crippen molar-refractivity contribution < 1.29 is 14.3 Å². The van der Waals surface area contributed by atoms with Crippen molar-refractivity contribution in [3.05, 3.63) is 66.2 Å². The van der Waals surface area contributed by atoms with Crippen LogP contribution >= 0.6 is 0 Å². The van der Waals surface area contributed by atoms with Gasteiger partial charge in [-0.25, -0.2) is 4.79 Å². The van der Waals surface area contributed by atoms with Crippen LogP contribution in [0.25, 0.3) is 21.5 Å². The van der Waals surface area contributed by atoms with Crippen molar-refractivity contribution in [2.75, 3.05) is 13.2 Å². The fraction of sp³-hybridized carbons (Fsp3) is 0.320. The zero-order valence-corrected chi connectivity index (χ0v) is 16.8. The molecule has 0 aromatic heterocycles. The molecule has 146 valence electrons. The Morgan fingerprint density at radius 3 is 2.32 bits per heavy atom. The van der Waals surface area contributed by atoms with Crippen LogP contribution in [-0.4, -0.2) is 19.2 Å². The standard InChI is InChI=1S/C25H28O3/c1-4-5-6-7-19-8-9-20-16-23-17-24(11-10-21(23)15-22(20)14-19)27-12-13-28-25(26)18(2)3/h8-11,14-17H,2,4-7,12-13H2,1,3H3. The van der Waals surface area contributed by atoms with E-state index >= 15 is 0 Å². The van der Waals surface area contributed by atoms with Gasteiger partial charge in [0.05, 0.1) is 0 Å². The first kappa shape index (κ1) is 19.9. The van der Waals surface area contributed by atoms with Gasteiger partial charge in [0.1, 0.15) is 19.0 Å². The van der Waals surface area contributed by atoms with E-state index in [1.807, 2.05) is 12.1 Å². The minimum Gasteiger partial charge on any atom is -0.490 e. The van der Waals surface area contributed by atoms with Crippen LogP contribution in [0.3, 0.4) is 0 Å². The Kier molecular flexibility index (Phi) is 6.70. The maximum Gasteiger partial charge on any atom is 0.333 e. The van der Waals surface area contributed by atoms with Gasteiger partial charge in [0.25, 0.3) is 0 Å². The van der Waals surface area contributed by atoms with E-state index in [-0.39, 0.29) is 12.6 Å². The molecule has 0 unspecified atom stereocenters. The number of rotatable bonds is 9. The highest BCUT2D eigenvalue weighted by atomic mass is 16.6. The Morgan fingerprint density at radius 2 is 1.61 bits per heavy atom. The molecule has 0 fully saturated rings. The van der Waals surface area contributed by atoms with Gasteiger partial charge in [0, 0.05) is 5.57 Å². The van der Waals surface area contributed by atoms with Crippen LogP contribution in [0.1, 0.15) is 38.7 Å². The number of unbranched alkanes of at least 4 members (excludes halogenated alkanes) is 2. The van der Waals surface area contributed by atoms with Crippen LogP contribution in [0.2, 0.25) is 0 Å². The molecule has 0 spiro atoms. The number of hydrogen-bond acceptors (Lipinski definition) is 3. The molecule has 0 heterocycles. The second-order valence-electron chi connectivity index (χ2n) is 7.26. The first-order valence-electron chi connectivity index (χ1n) is 9.98. The van der Waals surface area contributed by atoms with E-state index < -0.39 is 0 Å². The van der Waals surface area contributed by atoms with Crippen LogP contribution < -0.4 is 4.74 Å². The molecule has 3 heteroatoms. The SMILES string of the molecule is C=C(C)C(=O)OCCOc1ccc2cc3cc(CCCCC)ccc3cc2c1. The molecule has 3 rings (SSSR count). The largest absolute Gasteiger partial charge is 0.490 e. The van der Waals surface area contributed by atoms with Crippen LogP contribution in [0.5, 0.6) is 5.75 Å². The first-order chi connectivity index (χ1) is 13.6. The second-order valence-corrected chi connectivity index (χ2v) is 7.26. The lowest BCUT2D eigenvalue weighted by molar-refractivity contribution is -0.139. The smallest absolute Gasteiger partial charge is 0.333 e. The molecule has 3 nitrogen and oxygen atoms in total. The average Bonchev–Trinajstić information content (AvgIpc) is 2.69. The highest BCUT2D eigenvalue weighted by molar-refractivity contribution is 5.98. The second kappa shape index (κ2) is 9.41. The Hall–Kier alpha value is -2.81. The van der Waals surface area contributed by atoms with E-state index in [1.54, 1.807) is 6.92 Å². The van der Waals surface area contributed by atoms with Crippen molar-refractivity contribution >= 4 is 27.5 Å². The summed E-state index contributed by atoms with van der Waals surface area (Å²) in [4.78, 5) is 11.4. The number of esters is 1. The molecule has 0 atom stereocenters. The maximum atomic E-state index is 11.4. The minimum absolute atomic E-state index is 0.211. The summed E-state index contributed by atoms with van der Waals surface area (Å²) in [6.07, 6.45) is 4.92. The molecule has 0 aliphatic rings. The van der Waals surface area contributed by atoms with Gasteiger partial charge >= 0.3 is 5.97 Å². The van der Waals surface area contributed by atoms with Crippen LogP contribution in [-0.2, 0) is 16.0 Å². The molecule has 0 bridgehead atoms. The number of carbonyl (C=O) groups is 1. The van der Waals surface area contributed by atoms with E-state index in [9.17, 15) is 4.79 Å². The third-order valence-electron chi connectivity index (χ3n) is 4.83. The fourth-order valence-corrected chi connectivity index (χ4v) is 3.27. The zero-order valence-electron chi connectivity index (χ0n) is 16.8. The lowest BCUT2D eigenvalue weighted by Crippen LogP contribution is -2.12. The van der Waals surface area contributed by atoms with E-state index in [4.69, 9.17) is 9.47 Å². The van der Waals surface area contributed by atoms with E-state index in [2.05, 4.69) is 49.9 Å². The third-order valence-corrected chi connectivity index (χ3v) is 4.83. The highest BCUT2D eigenvalue weighted by Crippen LogP contribution is 2.27. The zero-order chi connectivity index (χ0) is 19.9. The van der Waals surface area contributed by atoms with Crippen LogP contribution in [0.15, 0.2) is 60.7 Å². The first-order valence-corrected chi connectivity index (χ1v) is 9.98. The lowest BCUT2D eigenvalue weighted by atomic mass is 9.99. The molecule has 3 aromatic rings. The Balaban J connectivity index is 1.69. The average molecular weight is 376 g/mol. The van der Waals surface area contributed by atoms with Crippen molar-refractivity contribution in [2.45, 2.75) is 39.5 Å². The summed E-state index contributed by atoms with van der Waals surface area (Å²) in [7, 11) is 0. The minimum atomic E-state index is -0.386. The molecule has 0 saturated heterocycles. The van der Waals surface area contributed by atoms with Gasteiger partial charge in [0.2, 0.25) is 0 Å².